The van der Waals surface area contributed by atoms with Crippen molar-refractivity contribution in [2.24, 2.45) is 0 Å². The number of aromatic nitrogens is 2. The monoisotopic (exact) mass is 325 g/mol. The molecular formula is C22H19N3. The maximum absolute atomic E-state index is 4.91. The number of hydrogen-bond donors (Lipinski definition) is 1. The Hall–Kier alpha value is -3.07. The molecule has 0 saturated heterocycles. The maximum Gasteiger partial charge on any atom is 0.125 e. The van der Waals surface area contributed by atoms with Crippen LogP contribution in [0, 0.1) is 0 Å². The van der Waals surface area contributed by atoms with Crippen LogP contribution >= 0.6 is 0 Å². The van der Waals surface area contributed by atoms with Gasteiger partial charge in [0.15, 0.2) is 0 Å². The van der Waals surface area contributed by atoms with Gasteiger partial charge in [0.1, 0.15) is 5.82 Å². The molecule has 25 heavy (non-hydrogen) atoms. The highest BCUT2D eigenvalue weighted by molar-refractivity contribution is 5.83. The summed E-state index contributed by atoms with van der Waals surface area (Å²) in [7, 11) is 0. The topological polar surface area (TPSA) is 29.9 Å². The van der Waals surface area contributed by atoms with E-state index in [9.17, 15) is 0 Å². The van der Waals surface area contributed by atoms with E-state index in [0.717, 1.165) is 30.0 Å². The van der Waals surface area contributed by atoms with Crippen molar-refractivity contribution in [1.82, 2.24) is 9.78 Å². The lowest BCUT2D eigenvalue weighted by Gasteiger charge is -2.26. The van der Waals surface area contributed by atoms with E-state index in [1.807, 2.05) is 6.07 Å². The second-order valence-electron chi connectivity index (χ2n) is 6.56. The van der Waals surface area contributed by atoms with E-state index in [2.05, 4.69) is 82.8 Å². The molecule has 0 radical (unpaired) electrons. The fraction of sp³-hybridized carbons (Fsp3) is 0.136. The molecule has 0 amide bonds. The highest BCUT2D eigenvalue weighted by Gasteiger charge is 2.23. The summed E-state index contributed by atoms with van der Waals surface area (Å²) in [4.78, 5) is 0. The van der Waals surface area contributed by atoms with Crippen LogP contribution in [0.5, 0.6) is 0 Å². The average Bonchev–Trinajstić information content (AvgIpc) is 3.13. The first-order valence-electron chi connectivity index (χ1n) is 8.76. The van der Waals surface area contributed by atoms with Crippen molar-refractivity contribution in [3.63, 3.8) is 0 Å². The number of nitrogens with zero attached hydrogens (tertiary/aromatic N) is 2. The summed E-state index contributed by atoms with van der Waals surface area (Å²) in [5, 5.41) is 11.0. The van der Waals surface area contributed by atoms with E-state index in [1.165, 1.54) is 16.3 Å². The van der Waals surface area contributed by atoms with Crippen LogP contribution in [0.1, 0.15) is 18.0 Å². The van der Waals surface area contributed by atoms with Gasteiger partial charge >= 0.3 is 0 Å². The summed E-state index contributed by atoms with van der Waals surface area (Å²) < 4.78 is 2.15. The SMILES string of the molecule is c1ccc(-c2cc3n(n2)C(c2ccc4ccccc4c2)CCN3)cc1. The predicted molar refractivity (Wildman–Crippen MR) is 103 cm³/mol. The second-order valence-corrected chi connectivity index (χ2v) is 6.56. The van der Waals surface area contributed by atoms with Crippen molar-refractivity contribution in [3.8, 4) is 11.3 Å². The minimum atomic E-state index is 0.276. The van der Waals surface area contributed by atoms with Crippen molar-refractivity contribution < 1.29 is 0 Å². The molecule has 1 atom stereocenters. The molecule has 1 aliphatic rings. The van der Waals surface area contributed by atoms with Gasteiger partial charge in [0.05, 0.1) is 11.7 Å². The quantitative estimate of drug-likeness (QED) is 0.555. The first kappa shape index (κ1) is 14.3. The fourth-order valence-corrected chi connectivity index (χ4v) is 3.70. The Kier molecular flexibility index (Phi) is 3.30. The van der Waals surface area contributed by atoms with Crippen molar-refractivity contribution >= 4 is 16.6 Å². The highest BCUT2D eigenvalue weighted by atomic mass is 15.4. The molecule has 3 heteroatoms. The number of anilines is 1. The molecule has 0 spiro atoms. The third-order valence-electron chi connectivity index (χ3n) is 4.98. The Bertz CT molecular complexity index is 1030. The number of fused-ring (bicyclic) bond motifs is 2. The van der Waals surface area contributed by atoms with Crippen LogP contribution in [-0.2, 0) is 0 Å². The smallest absolute Gasteiger partial charge is 0.125 e. The summed E-state index contributed by atoms with van der Waals surface area (Å²) >= 11 is 0. The summed E-state index contributed by atoms with van der Waals surface area (Å²) in [5.74, 6) is 1.10. The summed E-state index contributed by atoms with van der Waals surface area (Å²) in [6.45, 7) is 0.970. The molecule has 3 aromatic carbocycles. The molecule has 1 unspecified atom stereocenters. The Morgan fingerprint density at radius 1 is 0.840 bits per heavy atom. The van der Waals surface area contributed by atoms with E-state index < -0.39 is 0 Å². The second kappa shape index (κ2) is 5.78. The molecule has 1 aromatic heterocycles. The summed E-state index contributed by atoms with van der Waals surface area (Å²) in [6.07, 6.45) is 1.04. The molecule has 3 nitrogen and oxygen atoms in total. The molecule has 0 saturated carbocycles. The molecule has 0 bridgehead atoms. The molecule has 5 rings (SSSR count). The van der Waals surface area contributed by atoms with Crippen LogP contribution in [-0.4, -0.2) is 16.3 Å². The standard InChI is InChI=1S/C22H19N3/c1-2-7-17(8-3-1)20-15-22-23-13-12-21(25(22)24-20)19-11-10-16-6-4-5-9-18(16)14-19/h1-11,14-15,21,23H,12-13H2. The van der Waals surface area contributed by atoms with Gasteiger partial charge in [0.2, 0.25) is 0 Å². The minimum Gasteiger partial charge on any atom is -0.370 e. The van der Waals surface area contributed by atoms with Gasteiger partial charge < -0.3 is 5.32 Å². The minimum absolute atomic E-state index is 0.276. The number of hydrogen-bond acceptors (Lipinski definition) is 2. The van der Waals surface area contributed by atoms with Gasteiger partial charge in [-0.05, 0) is 28.8 Å². The van der Waals surface area contributed by atoms with E-state index in [-0.39, 0.29) is 6.04 Å². The summed E-state index contributed by atoms with van der Waals surface area (Å²) in [5.41, 5.74) is 3.50. The number of benzene rings is 3. The normalized spacial score (nSPS) is 16.4. The lowest BCUT2D eigenvalue weighted by molar-refractivity contribution is 0.483. The van der Waals surface area contributed by atoms with Crippen LogP contribution in [0.15, 0.2) is 78.9 Å². The lowest BCUT2D eigenvalue weighted by Crippen LogP contribution is -2.24. The zero-order chi connectivity index (χ0) is 16.6. The Morgan fingerprint density at radius 2 is 1.64 bits per heavy atom. The van der Waals surface area contributed by atoms with Crippen LogP contribution in [0.2, 0.25) is 0 Å². The zero-order valence-electron chi connectivity index (χ0n) is 13.9. The third-order valence-corrected chi connectivity index (χ3v) is 4.98. The Balaban J connectivity index is 1.59. The van der Waals surface area contributed by atoms with Crippen molar-refractivity contribution in [1.29, 1.82) is 0 Å². The van der Waals surface area contributed by atoms with Crippen molar-refractivity contribution in [3.05, 3.63) is 84.4 Å². The van der Waals surface area contributed by atoms with E-state index in [0.29, 0.717) is 0 Å². The largest absolute Gasteiger partial charge is 0.370 e. The zero-order valence-corrected chi connectivity index (χ0v) is 13.9. The van der Waals surface area contributed by atoms with Gasteiger partial charge in [-0.2, -0.15) is 5.10 Å². The molecule has 0 aliphatic carbocycles. The maximum atomic E-state index is 4.91. The highest BCUT2D eigenvalue weighted by Crippen LogP contribution is 2.33. The van der Waals surface area contributed by atoms with Crippen LogP contribution in [0.4, 0.5) is 5.82 Å². The average molecular weight is 325 g/mol. The van der Waals surface area contributed by atoms with Gasteiger partial charge in [0, 0.05) is 18.2 Å². The molecule has 0 fully saturated rings. The van der Waals surface area contributed by atoms with Crippen LogP contribution < -0.4 is 5.32 Å². The van der Waals surface area contributed by atoms with Gasteiger partial charge in [0.25, 0.3) is 0 Å². The van der Waals surface area contributed by atoms with Gasteiger partial charge in [-0.15, -0.1) is 0 Å². The molecular weight excluding hydrogens is 306 g/mol. The van der Waals surface area contributed by atoms with Gasteiger partial charge in [-0.3, -0.25) is 0 Å². The van der Waals surface area contributed by atoms with E-state index in [1.54, 1.807) is 0 Å². The van der Waals surface area contributed by atoms with Gasteiger partial charge in [-0.1, -0.05) is 66.7 Å². The summed E-state index contributed by atoms with van der Waals surface area (Å²) in [6, 6.07) is 28.1. The van der Waals surface area contributed by atoms with Crippen LogP contribution in [0.3, 0.4) is 0 Å². The van der Waals surface area contributed by atoms with Crippen molar-refractivity contribution in [2.45, 2.75) is 12.5 Å². The first-order valence-corrected chi connectivity index (χ1v) is 8.76. The number of nitrogens with one attached hydrogen (secondary N) is 1. The number of rotatable bonds is 2. The third kappa shape index (κ3) is 2.49. The van der Waals surface area contributed by atoms with Gasteiger partial charge in [-0.25, -0.2) is 4.68 Å². The lowest BCUT2D eigenvalue weighted by atomic mass is 9.99. The van der Waals surface area contributed by atoms with Crippen LogP contribution in [0.25, 0.3) is 22.0 Å². The molecule has 4 aromatic rings. The molecule has 1 aliphatic heterocycles. The Labute approximate surface area is 146 Å². The molecule has 2 heterocycles. The molecule has 1 N–H and O–H groups in total. The van der Waals surface area contributed by atoms with E-state index in [4.69, 9.17) is 5.10 Å². The molecule has 122 valence electrons. The predicted octanol–water partition coefficient (Wildman–Crippen LogP) is 5.11. The Morgan fingerprint density at radius 3 is 2.52 bits per heavy atom. The first-order chi connectivity index (χ1) is 12.4. The fourth-order valence-electron chi connectivity index (χ4n) is 3.70. The van der Waals surface area contributed by atoms with Crippen molar-refractivity contribution in [2.75, 3.05) is 11.9 Å². The van der Waals surface area contributed by atoms with E-state index >= 15 is 0 Å².